The molecule has 6 heteroatoms. The SMILES string of the molecule is O=C1CC(CCl)CN1c1cc(F)nc(F)c1. The Bertz CT molecular complexity index is 407. The van der Waals surface area contributed by atoms with Crippen molar-refractivity contribution in [2.45, 2.75) is 6.42 Å². The van der Waals surface area contributed by atoms with Crippen molar-refractivity contribution < 1.29 is 13.6 Å². The first-order chi connectivity index (χ1) is 7.60. The molecule has 1 aromatic heterocycles. The highest BCUT2D eigenvalue weighted by Crippen LogP contribution is 2.26. The Balaban J connectivity index is 2.27. The van der Waals surface area contributed by atoms with E-state index in [0.717, 1.165) is 12.1 Å². The van der Waals surface area contributed by atoms with E-state index in [0.29, 0.717) is 18.8 Å². The van der Waals surface area contributed by atoms with Gasteiger partial charge in [0.1, 0.15) is 0 Å². The van der Waals surface area contributed by atoms with E-state index in [1.54, 1.807) is 0 Å². The third kappa shape index (κ3) is 2.14. The molecule has 0 aliphatic carbocycles. The van der Waals surface area contributed by atoms with Crippen LogP contribution in [0.4, 0.5) is 14.5 Å². The van der Waals surface area contributed by atoms with Gasteiger partial charge in [-0.05, 0) is 5.92 Å². The summed E-state index contributed by atoms with van der Waals surface area (Å²) < 4.78 is 25.7. The lowest BCUT2D eigenvalue weighted by atomic mass is 10.1. The molecule has 0 N–H and O–H groups in total. The van der Waals surface area contributed by atoms with Gasteiger partial charge in [-0.3, -0.25) is 4.79 Å². The smallest absolute Gasteiger partial charge is 0.227 e. The van der Waals surface area contributed by atoms with Crippen molar-refractivity contribution in [2.24, 2.45) is 5.92 Å². The highest BCUT2D eigenvalue weighted by Gasteiger charge is 2.30. The second kappa shape index (κ2) is 4.33. The van der Waals surface area contributed by atoms with Gasteiger partial charge in [0.05, 0.1) is 5.69 Å². The summed E-state index contributed by atoms with van der Waals surface area (Å²) in [6, 6.07) is 2.08. The number of hydrogen-bond acceptors (Lipinski definition) is 2. The Morgan fingerprint density at radius 2 is 2.06 bits per heavy atom. The number of carbonyl (C=O) groups excluding carboxylic acids is 1. The van der Waals surface area contributed by atoms with Gasteiger partial charge in [0.15, 0.2) is 0 Å². The lowest BCUT2D eigenvalue weighted by molar-refractivity contribution is -0.117. The van der Waals surface area contributed by atoms with Crippen LogP contribution in [0.15, 0.2) is 12.1 Å². The number of pyridine rings is 1. The zero-order chi connectivity index (χ0) is 11.7. The van der Waals surface area contributed by atoms with E-state index < -0.39 is 11.9 Å². The molecule has 1 atom stereocenters. The molecule has 0 bridgehead atoms. The number of nitrogens with zero attached hydrogens (tertiary/aromatic N) is 2. The fourth-order valence-electron chi connectivity index (χ4n) is 1.74. The van der Waals surface area contributed by atoms with Crippen LogP contribution in [-0.4, -0.2) is 23.3 Å². The third-order valence-electron chi connectivity index (χ3n) is 2.48. The molecule has 1 aliphatic rings. The highest BCUT2D eigenvalue weighted by atomic mass is 35.5. The molecule has 2 rings (SSSR count). The quantitative estimate of drug-likeness (QED) is 0.590. The zero-order valence-electron chi connectivity index (χ0n) is 8.29. The number of carbonyl (C=O) groups is 1. The molecule has 1 unspecified atom stereocenters. The second-order valence-corrected chi connectivity index (χ2v) is 4.01. The molecule has 1 saturated heterocycles. The molecule has 2 heterocycles. The average molecular weight is 247 g/mol. The molecular formula is C10H9ClF2N2O. The van der Waals surface area contributed by atoms with E-state index in [-0.39, 0.29) is 17.5 Å². The minimum Gasteiger partial charge on any atom is -0.312 e. The Morgan fingerprint density at radius 1 is 1.44 bits per heavy atom. The minimum absolute atomic E-state index is 0.0356. The monoisotopic (exact) mass is 246 g/mol. The molecule has 1 aromatic rings. The molecule has 1 amide bonds. The molecular weight excluding hydrogens is 238 g/mol. The third-order valence-corrected chi connectivity index (χ3v) is 2.92. The number of halogens is 3. The summed E-state index contributed by atoms with van der Waals surface area (Å²) in [6.07, 6.45) is 0.315. The van der Waals surface area contributed by atoms with Crippen LogP contribution in [0.2, 0.25) is 0 Å². The molecule has 3 nitrogen and oxygen atoms in total. The van der Waals surface area contributed by atoms with Crippen molar-refractivity contribution in [3.63, 3.8) is 0 Å². The predicted octanol–water partition coefficient (Wildman–Crippen LogP) is 1.95. The number of hydrogen-bond donors (Lipinski definition) is 0. The van der Waals surface area contributed by atoms with Gasteiger partial charge in [-0.2, -0.15) is 13.8 Å². The lowest BCUT2D eigenvalue weighted by Gasteiger charge is -2.16. The molecule has 1 aliphatic heterocycles. The van der Waals surface area contributed by atoms with Crippen molar-refractivity contribution in [1.82, 2.24) is 4.98 Å². The second-order valence-electron chi connectivity index (χ2n) is 3.70. The first kappa shape index (κ1) is 11.3. The van der Waals surface area contributed by atoms with Gasteiger partial charge in [0.2, 0.25) is 17.8 Å². The largest absolute Gasteiger partial charge is 0.312 e. The van der Waals surface area contributed by atoms with Crippen molar-refractivity contribution in [3.8, 4) is 0 Å². The van der Waals surface area contributed by atoms with Crippen molar-refractivity contribution in [3.05, 3.63) is 24.0 Å². The molecule has 16 heavy (non-hydrogen) atoms. The van der Waals surface area contributed by atoms with Gasteiger partial charge in [-0.15, -0.1) is 11.6 Å². The lowest BCUT2D eigenvalue weighted by Crippen LogP contribution is -2.25. The van der Waals surface area contributed by atoms with E-state index in [2.05, 4.69) is 4.98 Å². The minimum atomic E-state index is -0.933. The summed E-state index contributed by atoms with van der Waals surface area (Å²) in [5.41, 5.74) is 0.197. The van der Waals surface area contributed by atoms with E-state index in [1.807, 2.05) is 0 Å². The summed E-state index contributed by atoms with van der Waals surface area (Å²) >= 11 is 5.65. The fraction of sp³-hybridized carbons (Fsp3) is 0.400. The van der Waals surface area contributed by atoms with E-state index in [1.165, 1.54) is 4.90 Å². The molecule has 0 spiro atoms. The van der Waals surface area contributed by atoms with Crippen LogP contribution in [0.3, 0.4) is 0 Å². The van der Waals surface area contributed by atoms with Crippen LogP contribution in [0.25, 0.3) is 0 Å². The topological polar surface area (TPSA) is 33.2 Å². The van der Waals surface area contributed by atoms with Crippen LogP contribution in [-0.2, 0) is 4.79 Å². The van der Waals surface area contributed by atoms with Crippen molar-refractivity contribution in [2.75, 3.05) is 17.3 Å². The molecule has 1 fully saturated rings. The van der Waals surface area contributed by atoms with Gasteiger partial charge < -0.3 is 4.90 Å². The summed E-state index contributed by atoms with van der Waals surface area (Å²) in [5.74, 6) is -1.64. The average Bonchev–Trinajstić information content (AvgIpc) is 2.58. The zero-order valence-corrected chi connectivity index (χ0v) is 9.05. The summed E-state index contributed by atoms with van der Waals surface area (Å²) in [6.45, 7) is 0.394. The van der Waals surface area contributed by atoms with Crippen LogP contribution >= 0.6 is 11.6 Å². The first-order valence-corrected chi connectivity index (χ1v) is 5.33. The van der Waals surface area contributed by atoms with E-state index in [9.17, 15) is 13.6 Å². The van der Waals surface area contributed by atoms with Gasteiger partial charge in [0, 0.05) is 31.0 Å². The first-order valence-electron chi connectivity index (χ1n) is 4.79. The van der Waals surface area contributed by atoms with E-state index >= 15 is 0 Å². The summed E-state index contributed by atoms with van der Waals surface area (Å²) in [5, 5.41) is 0. The summed E-state index contributed by atoms with van der Waals surface area (Å²) in [7, 11) is 0. The maximum atomic E-state index is 12.9. The van der Waals surface area contributed by atoms with Crippen molar-refractivity contribution in [1.29, 1.82) is 0 Å². The van der Waals surface area contributed by atoms with Crippen LogP contribution in [0.5, 0.6) is 0 Å². The predicted molar refractivity (Wildman–Crippen MR) is 55.3 cm³/mol. The number of aromatic nitrogens is 1. The molecule has 0 saturated carbocycles. The van der Waals surface area contributed by atoms with Gasteiger partial charge in [0.25, 0.3) is 0 Å². The Morgan fingerprint density at radius 3 is 2.56 bits per heavy atom. The molecule has 0 radical (unpaired) electrons. The Hall–Kier alpha value is -1.23. The van der Waals surface area contributed by atoms with Crippen LogP contribution < -0.4 is 4.90 Å². The number of amides is 1. The van der Waals surface area contributed by atoms with E-state index in [4.69, 9.17) is 11.6 Å². The maximum Gasteiger partial charge on any atom is 0.227 e. The van der Waals surface area contributed by atoms with Gasteiger partial charge in [-0.25, -0.2) is 0 Å². The fourth-order valence-corrected chi connectivity index (χ4v) is 1.95. The Labute approximate surface area is 96.0 Å². The number of anilines is 1. The van der Waals surface area contributed by atoms with Crippen LogP contribution in [0, 0.1) is 17.8 Å². The highest BCUT2D eigenvalue weighted by molar-refractivity contribution is 6.18. The number of rotatable bonds is 2. The van der Waals surface area contributed by atoms with Crippen LogP contribution in [0.1, 0.15) is 6.42 Å². The molecule has 86 valence electrons. The van der Waals surface area contributed by atoms with Gasteiger partial charge in [-0.1, -0.05) is 0 Å². The standard InChI is InChI=1S/C10H9ClF2N2O/c11-4-6-1-10(16)15(5-6)7-2-8(12)14-9(13)3-7/h2-3,6H,1,4-5H2. The summed E-state index contributed by atoms with van der Waals surface area (Å²) in [4.78, 5) is 15.9. The molecule has 0 aromatic carbocycles. The number of alkyl halides is 1. The van der Waals surface area contributed by atoms with Gasteiger partial charge >= 0.3 is 0 Å². The maximum absolute atomic E-state index is 12.9. The Kier molecular flexibility index (Phi) is 3.05. The normalized spacial score (nSPS) is 20.6. The van der Waals surface area contributed by atoms with Crippen molar-refractivity contribution >= 4 is 23.2 Å².